The molecule has 26 heteroatoms. The van der Waals surface area contributed by atoms with Gasteiger partial charge in [0.25, 0.3) is 0 Å². The molecule has 0 amide bonds. The van der Waals surface area contributed by atoms with Crippen LogP contribution in [0, 0.1) is 33.5 Å². The number of aliphatic hydroxyl groups excluding tert-OH is 2. The molecule has 11 atom stereocenters. The fourth-order valence-electron chi connectivity index (χ4n) is 22.3. The number of piperidine rings is 3. The second kappa shape index (κ2) is 43.0. The van der Waals surface area contributed by atoms with Gasteiger partial charge in [-0.3, -0.25) is 18.0 Å². The maximum absolute atomic E-state index is 11.8. The highest BCUT2D eigenvalue weighted by molar-refractivity contribution is 7.95. The Morgan fingerprint density at radius 1 is 0.376 bits per heavy atom. The predicted octanol–water partition coefficient (Wildman–Crippen LogP) is 12.0. The number of hydrogen-bond donors (Lipinski definition) is 11. The van der Waals surface area contributed by atoms with Gasteiger partial charge in [0.15, 0.2) is 0 Å². The fraction of sp³-hybridized carbons (Fsp3) is 0.421. The molecule has 6 heterocycles. The molecule has 23 nitrogen and oxygen atoms in total. The van der Waals surface area contributed by atoms with Crippen LogP contribution < -0.4 is 55.5 Å². The third-order valence-electron chi connectivity index (χ3n) is 30.1. The molecule has 4 saturated carbocycles. The third kappa shape index (κ3) is 21.4. The summed E-state index contributed by atoms with van der Waals surface area (Å²) in [6, 6.07) is 61.7. The molecule has 4 aliphatic carbocycles. The van der Waals surface area contributed by atoms with Gasteiger partial charge >= 0.3 is 0 Å². The molecule has 0 aromatic heterocycles. The molecule has 9 aromatic rings. The van der Waals surface area contributed by atoms with E-state index in [-0.39, 0.29) is 77.1 Å². The lowest BCUT2D eigenvalue weighted by Crippen LogP contribution is -3.13. The summed E-state index contributed by atoms with van der Waals surface area (Å²) in [4.78, 5) is 28.5. The molecule has 11 N–H and O–H groups in total. The number of aromatic hydroxyl groups is 6. The van der Waals surface area contributed by atoms with E-state index in [0.717, 1.165) is 153 Å². The van der Waals surface area contributed by atoms with Crippen molar-refractivity contribution in [2.24, 2.45) is 33.5 Å². The summed E-state index contributed by atoms with van der Waals surface area (Å²) in [5.74, 6) is 6.33. The zero-order valence-electron chi connectivity index (χ0n) is 76.9. The number of carbonyl (C=O) groups is 2. The number of nitrogens with one attached hydrogen (secondary N) is 3. The van der Waals surface area contributed by atoms with Crippen molar-refractivity contribution >= 4 is 65.8 Å². The van der Waals surface area contributed by atoms with E-state index in [9.17, 15) is 68.0 Å². The summed E-state index contributed by atoms with van der Waals surface area (Å²) < 4.78 is 80.8. The van der Waals surface area contributed by atoms with E-state index in [1.807, 2.05) is 119 Å². The minimum absolute atomic E-state index is 0. The lowest BCUT2D eigenvalue weighted by Gasteiger charge is -2.39. The molecule has 7 unspecified atom stereocenters. The van der Waals surface area contributed by atoms with E-state index in [4.69, 9.17) is 28.4 Å². The molecule has 19 rings (SSSR count). The van der Waals surface area contributed by atoms with Gasteiger partial charge in [-0.2, -0.15) is 0 Å². The molecule has 4 bridgehead atoms. The second-order valence-electron chi connectivity index (χ2n) is 38.1. The SMILES string of the molecule is CC1(C)C2CCC1(C(=O)S(=O)[O-])[C@H](O)C2.CC1(C)C2CCC1(C(=O)S(=O)[O-])[C@H](O)C2.CC1=C(c2ccc(O)cc2)C(c2ccc(OCC[NH+]3CCCCC3)cc2)Oc2cc(O)ccc21.CC1=C(c2ccc(O)cc2)[C@H](c2ccc(OCC[NH+]3CCCCC3)cc2)Oc2cc(O)ccc21.CC1=C(c2ccc(O)cc2)[C@H](c2ccc(OCC[NH+]3CCCCC3)cc2)Oc2cc(O)ccc21.[Cl-]. The average molecular weight is 1870 g/mol. The first-order valence-electron chi connectivity index (χ1n) is 46.8. The van der Waals surface area contributed by atoms with Crippen LogP contribution in [-0.2, 0) is 31.7 Å². The van der Waals surface area contributed by atoms with Gasteiger partial charge in [0.05, 0.1) is 62.3 Å². The van der Waals surface area contributed by atoms with Crippen LogP contribution in [0.3, 0.4) is 0 Å². The molecule has 708 valence electrons. The Morgan fingerprint density at radius 2 is 0.624 bits per heavy atom. The molecular formula is C107H126ClN3O20S2. The zero-order chi connectivity index (χ0) is 93.3. The van der Waals surface area contributed by atoms with Crippen LogP contribution in [0.2, 0.25) is 0 Å². The Morgan fingerprint density at radius 3 is 0.850 bits per heavy atom. The van der Waals surface area contributed by atoms with E-state index in [0.29, 0.717) is 42.9 Å². The van der Waals surface area contributed by atoms with E-state index in [1.165, 1.54) is 97.1 Å². The quantitative estimate of drug-likeness (QED) is 0.0316. The number of ether oxygens (including phenoxy) is 6. The van der Waals surface area contributed by atoms with Gasteiger partial charge in [-0.25, -0.2) is 0 Å². The number of carbonyl (C=O) groups excluding carboxylic acids is 2. The highest BCUT2D eigenvalue weighted by Gasteiger charge is 2.69. The summed E-state index contributed by atoms with van der Waals surface area (Å²) in [5, 5.41) is 77.7. The summed E-state index contributed by atoms with van der Waals surface area (Å²) >= 11 is -5.46. The predicted molar refractivity (Wildman–Crippen MR) is 507 cm³/mol. The number of quaternary nitrogens is 3. The zero-order valence-corrected chi connectivity index (χ0v) is 79.2. The molecule has 0 radical (unpaired) electrons. The summed E-state index contributed by atoms with van der Waals surface area (Å²) in [6.07, 6.45) is 13.2. The Bertz CT molecular complexity index is 5180. The first-order chi connectivity index (χ1) is 63.4. The van der Waals surface area contributed by atoms with E-state index in [2.05, 4.69) is 57.2 Å². The number of rotatable bonds is 20. The highest BCUT2D eigenvalue weighted by atomic mass is 35.5. The van der Waals surface area contributed by atoms with Crippen LogP contribution in [0.5, 0.6) is 69.0 Å². The van der Waals surface area contributed by atoms with Crippen LogP contribution in [0.1, 0.15) is 213 Å². The second-order valence-corrected chi connectivity index (χ2v) is 39.8. The number of hydrogen-bond acceptors (Lipinski definition) is 20. The summed E-state index contributed by atoms with van der Waals surface area (Å²) in [5.41, 5.74) is 12.3. The standard InChI is InChI=1S/3C29H31NO4.2C10H16O4S.ClH/c3*1-20-26-14-11-24(32)19-27(26)34-29(28(20)21-5-9-23(31)10-6-21)22-7-12-25(13-8-22)33-18-17-30-15-3-2-4-16-30;2*1-9(2)6-3-4-10(9,7(11)5-6)8(12)15(13)14;/h3*5-14,19,29,31-32H,2-4,15-18H2,1H3;2*6-7,11H,3-5H2,1-2H3,(H,13,14);1H/t2*29-;;2*6?,7-,10?;/m00.11./s1. The molecule has 3 saturated heterocycles. The third-order valence-corrected chi connectivity index (χ3v) is 31.4. The number of fused-ring (bicyclic) bond motifs is 7. The van der Waals surface area contributed by atoms with E-state index < -0.39 is 66.3 Å². The number of halogens is 1. The largest absolute Gasteiger partial charge is 1.00 e. The van der Waals surface area contributed by atoms with Crippen molar-refractivity contribution < 1.29 is 123 Å². The van der Waals surface area contributed by atoms with Crippen LogP contribution in [0.25, 0.3) is 33.4 Å². The van der Waals surface area contributed by atoms with Gasteiger partial charge in [-0.1, -0.05) is 100 Å². The number of likely N-dealkylation sites (tertiary alicyclic amines) is 3. The molecular weight excluding hydrogens is 1750 g/mol. The van der Waals surface area contributed by atoms with Crippen molar-refractivity contribution in [2.75, 3.05) is 78.7 Å². The Hall–Kier alpha value is -10.6. The Kier molecular flexibility index (Phi) is 31.8. The molecule has 9 aromatic carbocycles. The smallest absolute Gasteiger partial charge is 0.214 e. The van der Waals surface area contributed by atoms with Crippen LogP contribution >= 0.6 is 0 Å². The monoisotopic (exact) mass is 1870 g/mol. The van der Waals surface area contributed by atoms with Crippen molar-refractivity contribution in [3.63, 3.8) is 0 Å². The molecule has 7 fully saturated rings. The van der Waals surface area contributed by atoms with Crippen LogP contribution in [-0.4, -0.2) is 160 Å². The number of phenolic OH excluding ortho intramolecular Hbond substituents is 6. The van der Waals surface area contributed by atoms with Crippen molar-refractivity contribution in [2.45, 2.75) is 175 Å². The highest BCUT2D eigenvalue weighted by Crippen LogP contribution is 2.68. The number of aliphatic hydroxyl groups is 2. The van der Waals surface area contributed by atoms with Gasteiger partial charge in [0, 0.05) is 73.8 Å². The topological polar surface area (TPSA) is 345 Å². The van der Waals surface area contributed by atoms with Crippen LogP contribution in [0.4, 0.5) is 0 Å². The van der Waals surface area contributed by atoms with Crippen molar-refractivity contribution in [1.29, 1.82) is 0 Å². The molecule has 0 spiro atoms. The fourth-order valence-corrected chi connectivity index (χ4v) is 23.9. The van der Waals surface area contributed by atoms with Gasteiger partial charge in [0.1, 0.15) is 127 Å². The van der Waals surface area contributed by atoms with Crippen molar-refractivity contribution in [1.82, 2.24) is 0 Å². The van der Waals surface area contributed by atoms with E-state index >= 15 is 0 Å². The number of allylic oxidation sites excluding steroid dienone is 3. The minimum atomic E-state index is -2.73. The molecule has 10 aliphatic rings. The lowest BCUT2D eigenvalue weighted by molar-refractivity contribution is -0.904. The number of benzene rings is 9. The maximum atomic E-state index is 11.8. The molecule has 6 aliphatic heterocycles. The van der Waals surface area contributed by atoms with Gasteiger partial charge in [-0.15, -0.1) is 0 Å². The Balaban J connectivity index is 0.000000138. The first-order valence-corrected chi connectivity index (χ1v) is 48.9. The Labute approximate surface area is 791 Å². The normalized spacial score (nSPS) is 24.0. The maximum Gasteiger partial charge on any atom is 0.214 e. The molecule has 133 heavy (non-hydrogen) atoms. The van der Waals surface area contributed by atoms with Crippen molar-refractivity contribution in [3.05, 3.63) is 250 Å². The first kappa shape index (κ1) is 98.4. The van der Waals surface area contributed by atoms with Gasteiger partial charge in [-0.05, 0) is 299 Å². The van der Waals surface area contributed by atoms with Gasteiger partial charge in [0.2, 0.25) is 10.2 Å². The average Bonchev–Trinajstić information content (AvgIpc) is 1.55. The lowest BCUT2D eigenvalue weighted by atomic mass is 9.69. The van der Waals surface area contributed by atoms with E-state index in [1.54, 1.807) is 87.5 Å². The minimum Gasteiger partial charge on any atom is -1.00 e. The number of phenols is 6. The van der Waals surface area contributed by atoms with Gasteiger partial charge < -0.3 is 105 Å². The van der Waals surface area contributed by atoms with Crippen LogP contribution in [0.15, 0.2) is 200 Å². The summed E-state index contributed by atoms with van der Waals surface area (Å²) in [6.45, 7) is 26.6. The summed E-state index contributed by atoms with van der Waals surface area (Å²) in [7, 11) is 0. The van der Waals surface area contributed by atoms with Crippen molar-refractivity contribution in [3.8, 4) is 69.0 Å².